The molecule has 0 spiro atoms. The van der Waals surface area contributed by atoms with Crippen LogP contribution in [0.5, 0.6) is 0 Å². The summed E-state index contributed by atoms with van der Waals surface area (Å²) in [5, 5.41) is 3.18. The molecule has 0 aromatic carbocycles. The molecule has 0 aliphatic carbocycles. The summed E-state index contributed by atoms with van der Waals surface area (Å²) in [5.41, 5.74) is 5.33. The molecular formula is C9H20N2. The molecule has 0 fully saturated rings. The second kappa shape index (κ2) is 9.50. The smallest absolute Gasteiger partial charge is 0.0153 e. The van der Waals surface area contributed by atoms with Gasteiger partial charge in [0.25, 0.3) is 0 Å². The maximum absolute atomic E-state index is 5.33. The molecule has 0 aliphatic heterocycles. The van der Waals surface area contributed by atoms with Gasteiger partial charge in [-0.05, 0) is 25.6 Å². The molecule has 0 rings (SSSR count). The molecule has 0 aromatic rings. The van der Waals surface area contributed by atoms with E-state index in [0.717, 1.165) is 19.5 Å². The summed E-state index contributed by atoms with van der Waals surface area (Å²) in [5.74, 6) is 0. The molecule has 2 nitrogen and oxygen atoms in total. The minimum Gasteiger partial charge on any atom is -0.391 e. The minimum absolute atomic E-state index is 0.774. The quantitative estimate of drug-likeness (QED) is 0.550. The molecule has 66 valence electrons. The van der Waals surface area contributed by atoms with Crippen molar-refractivity contribution < 1.29 is 0 Å². The van der Waals surface area contributed by atoms with E-state index in [4.69, 9.17) is 5.73 Å². The second-order valence-corrected chi connectivity index (χ2v) is 2.64. The number of rotatable bonds is 7. The van der Waals surface area contributed by atoms with Crippen molar-refractivity contribution in [2.24, 2.45) is 5.73 Å². The fourth-order valence-electron chi connectivity index (χ4n) is 0.776. The average molecular weight is 156 g/mol. The van der Waals surface area contributed by atoms with Crippen molar-refractivity contribution in [1.82, 2.24) is 5.32 Å². The van der Waals surface area contributed by atoms with Crippen LogP contribution in [0.2, 0.25) is 0 Å². The van der Waals surface area contributed by atoms with Gasteiger partial charge in [0.15, 0.2) is 0 Å². The first-order valence-electron chi connectivity index (χ1n) is 4.50. The highest BCUT2D eigenvalue weighted by atomic mass is 14.8. The molecule has 0 bridgehead atoms. The van der Waals surface area contributed by atoms with Crippen LogP contribution < -0.4 is 11.1 Å². The number of nitrogens with two attached hydrogens (primary N) is 1. The first kappa shape index (κ1) is 10.5. The third kappa shape index (κ3) is 9.50. The molecule has 2 heteroatoms. The normalized spacial score (nSPS) is 10.7. The van der Waals surface area contributed by atoms with E-state index in [1.54, 1.807) is 0 Å². The van der Waals surface area contributed by atoms with Crippen LogP contribution in [0, 0.1) is 0 Å². The summed E-state index contributed by atoms with van der Waals surface area (Å²) in [6.07, 6.45) is 9.01. The largest absolute Gasteiger partial charge is 0.391 e. The number of nitrogens with one attached hydrogen (secondary N) is 1. The SMILES string of the molecule is CCCCC=CNCCCN. The summed E-state index contributed by atoms with van der Waals surface area (Å²) < 4.78 is 0. The zero-order chi connectivity index (χ0) is 8.36. The predicted molar refractivity (Wildman–Crippen MR) is 50.3 cm³/mol. The Bertz CT molecular complexity index is 89.6. The Hall–Kier alpha value is -0.500. The molecule has 0 radical (unpaired) electrons. The summed E-state index contributed by atoms with van der Waals surface area (Å²) in [6.45, 7) is 3.98. The third-order valence-electron chi connectivity index (χ3n) is 1.49. The van der Waals surface area contributed by atoms with Gasteiger partial charge in [0, 0.05) is 6.54 Å². The molecule has 0 aromatic heterocycles. The molecule has 0 heterocycles. The molecule has 0 saturated heterocycles. The number of allylic oxidation sites excluding steroid dienone is 1. The predicted octanol–water partition coefficient (Wildman–Crippen LogP) is 1.63. The summed E-state index contributed by atoms with van der Waals surface area (Å²) in [4.78, 5) is 0. The minimum atomic E-state index is 0.774. The monoisotopic (exact) mass is 156 g/mol. The van der Waals surface area contributed by atoms with Crippen LogP contribution in [0.15, 0.2) is 12.3 Å². The van der Waals surface area contributed by atoms with Gasteiger partial charge in [-0.2, -0.15) is 0 Å². The first-order chi connectivity index (χ1) is 5.41. The number of unbranched alkanes of at least 4 members (excludes halogenated alkanes) is 2. The van der Waals surface area contributed by atoms with Crippen molar-refractivity contribution in [2.75, 3.05) is 13.1 Å². The highest BCUT2D eigenvalue weighted by Crippen LogP contribution is 1.93. The number of hydrogen-bond acceptors (Lipinski definition) is 2. The van der Waals surface area contributed by atoms with Crippen molar-refractivity contribution in [3.05, 3.63) is 12.3 Å². The highest BCUT2D eigenvalue weighted by Gasteiger charge is 1.79. The molecule has 0 atom stereocenters. The average Bonchev–Trinajstić information content (AvgIpc) is 2.03. The summed E-state index contributed by atoms with van der Waals surface area (Å²) >= 11 is 0. The lowest BCUT2D eigenvalue weighted by molar-refractivity contribution is 0.753. The van der Waals surface area contributed by atoms with E-state index >= 15 is 0 Å². The van der Waals surface area contributed by atoms with Crippen molar-refractivity contribution in [1.29, 1.82) is 0 Å². The topological polar surface area (TPSA) is 38.0 Å². The third-order valence-corrected chi connectivity index (χ3v) is 1.49. The van der Waals surface area contributed by atoms with E-state index < -0.39 is 0 Å². The summed E-state index contributed by atoms with van der Waals surface area (Å²) in [6, 6.07) is 0. The van der Waals surface area contributed by atoms with Crippen molar-refractivity contribution in [2.45, 2.75) is 32.6 Å². The Morgan fingerprint density at radius 2 is 2.18 bits per heavy atom. The Labute approximate surface area is 69.9 Å². The van der Waals surface area contributed by atoms with Gasteiger partial charge >= 0.3 is 0 Å². The highest BCUT2D eigenvalue weighted by molar-refractivity contribution is 4.78. The molecular weight excluding hydrogens is 136 g/mol. The van der Waals surface area contributed by atoms with Gasteiger partial charge in [-0.3, -0.25) is 0 Å². The van der Waals surface area contributed by atoms with Crippen LogP contribution >= 0.6 is 0 Å². The van der Waals surface area contributed by atoms with E-state index in [0.29, 0.717) is 0 Å². The molecule has 0 amide bonds. The Morgan fingerprint density at radius 1 is 1.36 bits per heavy atom. The Balaban J connectivity index is 2.91. The maximum atomic E-state index is 5.33. The zero-order valence-corrected chi connectivity index (χ0v) is 7.47. The van der Waals surface area contributed by atoms with E-state index in [-0.39, 0.29) is 0 Å². The molecule has 3 N–H and O–H groups in total. The lowest BCUT2D eigenvalue weighted by atomic mass is 10.2. The van der Waals surface area contributed by atoms with Gasteiger partial charge < -0.3 is 11.1 Å². The zero-order valence-electron chi connectivity index (χ0n) is 7.47. The van der Waals surface area contributed by atoms with E-state index in [1.165, 1.54) is 19.3 Å². The van der Waals surface area contributed by atoms with Gasteiger partial charge in [-0.1, -0.05) is 25.8 Å². The van der Waals surface area contributed by atoms with E-state index in [9.17, 15) is 0 Å². The van der Waals surface area contributed by atoms with Gasteiger partial charge in [0.1, 0.15) is 0 Å². The van der Waals surface area contributed by atoms with Gasteiger partial charge in [0.05, 0.1) is 0 Å². The van der Waals surface area contributed by atoms with Crippen LogP contribution in [0.4, 0.5) is 0 Å². The Morgan fingerprint density at radius 3 is 2.82 bits per heavy atom. The van der Waals surface area contributed by atoms with Crippen LogP contribution in [0.25, 0.3) is 0 Å². The second-order valence-electron chi connectivity index (χ2n) is 2.64. The standard InChI is InChI=1S/C9H20N2/c1-2-3-4-5-8-11-9-6-7-10/h5,8,11H,2-4,6-7,9-10H2,1H3. The summed E-state index contributed by atoms with van der Waals surface area (Å²) in [7, 11) is 0. The number of hydrogen-bond donors (Lipinski definition) is 2. The molecule has 0 aliphatic rings. The molecule has 0 saturated carbocycles. The van der Waals surface area contributed by atoms with Crippen molar-refractivity contribution in [3.8, 4) is 0 Å². The fourth-order valence-corrected chi connectivity index (χ4v) is 0.776. The van der Waals surface area contributed by atoms with Gasteiger partial charge in [0.2, 0.25) is 0 Å². The Kier molecular flexibility index (Phi) is 9.07. The fraction of sp³-hybridized carbons (Fsp3) is 0.778. The van der Waals surface area contributed by atoms with Crippen LogP contribution in [-0.4, -0.2) is 13.1 Å². The first-order valence-corrected chi connectivity index (χ1v) is 4.50. The molecule has 0 unspecified atom stereocenters. The van der Waals surface area contributed by atoms with Crippen LogP contribution in [0.3, 0.4) is 0 Å². The van der Waals surface area contributed by atoms with E-state index in [2.05, 4.69) is 18.3 Å². The van der Waals surface area contributed by atoms with Gasteiger partial charge in [-0.25, -0.2) is 0 Å². The van der Waals surface area contributed by atoms with E-state index in [1.807, 2.05) is 6.20 Å². The lowest BCUT2D eigenvalue weighted by Crippen LogP contribution is -2.11. The van der Waals surface area contributed by atoms with Crippen molar-refractivity contribution in [3.63, 3.8) is 0 Å². The lowest BCUT2D eigenvalue weighted by Gasteiger charge is -1.96. The van der Waals surface area contributed by atoms with Crippen LogP contribution in [0.1, 0.15) is 32.6 Å². The van der Waals surface area contributed by atoms with Crippen molar-refractivity contribution >= 4 is 0 Å². The van der Waals surface area contributed by atoms with Crippen LogP contribution in [-0.2, 0) is 0 Å². The molecule has 11 heavy (non-hydrogen) atoms. The van der Waals surface area contributed by atoms with Gasteiger partial charge in [-0.15, -0.1) is 0 Å². The maximum Gasteiger partial charge on any atom is 0.0153 e.